The van der Waals surface area contributed by atoms with Crippen LogP contribution in [0.3, 0.4) is 0 Å². The Hall–Kier alpha value is -2.15. The van der Waals surface area contributed by atoms with Crippen molar-refractivity contribution >= 4 is 5.91 Å². The molecule has 2 atom stereocenters. The van der Waals surface area contributed by atoms with Gasteiger partial charge in [-0.15, -0.1) is 0 Å². The number of nitrogens with one attached hydrogen (secondary N) is 2. The highest BCUT2D eigenvalue weighted by atomic mass is 16.5. The molecular formula is C14H19N5O2. The summed E-state index contributed by atoms with van der Waals surface area (Å²) in [6.07, 6.45) is 4.14. The van der Waals surface area contributed by atoms with Crippen molar-refractivity contribution in [2.24, 2.45) is 0 Å². The summed E-state index contributed by atoms with van der Waals surface area (Å²) in [4.78, 5) is 21.3. The van der Waals surface area contributed by atoms with E-state index in [1.54, 1.807) is 24.3 Å². The first-order chi connectivity index (χ1) is 10.1. The van der Waals surface area contributed by atoms with E-state index in [1.165, 1.54) is 0 Å². The number of hydrogen-bond donors (Lipinski definition) is 2. The largest absolute Gasteiger partial charge is 0.369 e. The molecular weight excluding hydrogens is 270 g/mol. The van der Waals surface area contributed by atoms with Crippen molar-refractivity contribution in [2.45, 2.75) is 39.0 Å². The van der Waals surface area contributed by atoms with Crippen molar-refractivity contribution in [3.8, 4) is 0 Å². The summed E-state index contributed by atoms with van der Waals surface area (Å²) in [5.41, 5.74) is 2.36. The van der Waals surface area contributed by atoms with Crippen LogP contribution in [-0.4, -0.2) is 44.1 Å². The molecule has 0 spiro atoms. The van der Waals surface area contributed by atoms with Crippen molar-refractivity contribution in [2.75, 3.05) is 7.05 Å². The molecule has 0 aromatic carbocycles. The molecule has 2 N–H and O–H groups in total. The van der Waals surface area contributed by atoms with Crippen LogP contribution in [0.2, 0.25) is 0 Å². The lowest BCUT2D eigenvalue weighted by molar-refractivity contribution is -0.00701. The normalized spacial score (nSPS) is 21.1. The Bertz CT molecular complexity index is 634. The zero-order chi connectivity index (χ0) is 15.0. The van der Waals surface area contributed by atoms with Gasteiger partial charge in [0.15, 0.2) is 5.69 Å². The highest BCUT2D eigenvalue weighted by Gasteiger charge is 2.30. The number of imidazole rings is 1. The topological polar surface area (TPSA) is 86.9 Å². The Morgan fingerprint density at radius 2 is 2.33 bits per heavy atom. The maximum atomic E-state index is 12.6. The number of aromatic nitrogens is 4. The first-order valence-corrected chi connectivity index (χ1v) is 7.02. The number of aromatic amines is 2. The molecule has 0 unspecified atom stereocenters. The van der Waals surface area contributed by atoms with Gasteiger partial charge in [0.05, 0.1) is 24.4 Å². The second-order valence-electron chi connectivity index (χ2n) is 5.45. The average Bonchev–Trinajstić information content (AvgIpc) is 3.07. The van der Waals surface area contributed by atoms with Crippen LogP contribution in [-0.2, 0) is 17.7 Å². The molecule has 3 rings (SSSR count). The Kier molecular flexibility index (Phi) is 3.50. The third kappa shape index (κ3) is 2.56. The molecule has 2 aromatic heterocycles. The van der Waals surface area contributed by atoms with Gasteiger partial charge in [0, 0.05) is 31.4 Å². The molecule has 0 saturated carbocycles. The average molecular weight is 289 g/mol. The number of hydrogen-bond acceptors (Lipinski definition) is 4. The molecule has 2 aromatic rings. The lowest BCUT2D eigenvalue weighted by atomic mass is 9.99. The van der Waals surface area contributed by atoms with Crippen LogP contribution in [0.25, 0.3) is 0 Å². The second-order valence-corrected chi connectivity index (χ2v) is 5.45. The first-order valence-electron chi connectivity index (χ1n) is 7.02. The van der Waals surface area contributed by atoms with Gasteiger partial charge in [-0.25, -0.2) is 4.98 Å². The van der Waals surface area contributed by atoms with Crippen molar-refractivity contribution in [3.05, 3.63) is 35.2 Å². The minimum Gasteiger partial charge on any atom is -0.369 e. The van der Waals surface area contributed by atoms with E-state index >= 15 is 0 Å². The molecule has 7 nitrogen and oxygen atoms in total. The van der Waals surface area contributed by atoms with E-state index in [9.17, 15) is 4.79 Å². The van der Waals surface area contributed by atoms with E-state index in [-0.39, 0.29) is 18.1 Å². The molecule has 0 saturated heterocycles. The summed E-state index contributed by atoms with van der Waals surface area (Å²) in [7, 11) is 1.75. The van der Waals surface area contributed by atoms with Crippen LogP contribution in [0.4, 0.5) is 0 Å². The summed E-state index contributed by atoms with van der Waals surface area (Å²) < 4.78 is 5.74. The molecule has 0 fully saturated rings. The molecule has 0 bridgehead atoms. The molecule has 112 valence electrons. The predicted octanol–water partition coefficient (Wildman–Crippen LogP) is 1.43. The van der Waals surface area contributed by atoms with Gasteiger partial charge < -0.3 is 14.6 Å². The number of nitrogens with zero attached hydrogens (tertiary/aromatic N) is 3. The monoisotopic (exact) mass is 289 g/mol. The van der Waals surface area contributed by atoms with E-state index in [0.717, 1.165) is 17.1 Å². The quantitative estimate of drug-likeness (QED) is 0.894. The number of rotatable bonds is 3. The lowest BCUT2D eigenvalue weighted by Gasteiger charge is -2.25. The standard InChI is InChI=1S/C14H19N5O2/c1-8-6-10-12(9(2)21-8)17-18-13(10)14(20)19(3)7-11-15-4-5-16-11/h4-5,8-9H,6-7H2,1-3H3,(H,15,16)(H,17,18)/t8-,9+/m1/s1. The van der Waals surface area contributed by atoms with Crippen molar-refractivity contribution in [1.29, 1.82) is 0 Å². The predicted molar refractivity (Wildman–Crippen MR) is 75.6 cm³/mol. The molecule has 7 heteroatoms. The molecule has 3 heterocycles. The number of H-pyrrole nitrogens is 2. The highest BCUT2D eigenvalue weighted by molar-refractivity contribution is 5.93. The molecule has 1 amide bonds. The number of carbonyl (C=O) groups is 1. The van der Waals surface area contributed by atoms with E-state index in [2.05, 4.69) is 20.2 Å². The maximum Gasteiger partial charge on any atom is 0.274 e. The van der Waals surface area contributed by atoms with Crippen LogP contribution in [0, 0.1) is 0 Å². The number of carbonyl (C=O) groups excluding carboxylic acids is 1. The van der Waals surface area contributed by atoms with E-state index in [1.807, 2.05) is 13.8 Å². The van der Waals surface area contributed by atoms with Crippen molar-refractivity contribution < 1.29 is 9.53 Å². The van der Waals surface area contributed by atoms with Gasteiger partial charge in [-0.05, 0) is 13.8 Å². The zero-order valence-corrected chi connectivity index (χ0v) is 12.4. The fourth-order valence-electron chi connectivity index (χ4n) is 2.71. The molecule has 0 radical (unpaired) electrons. The van der Waals surface area contributed by atoms with Gasteiger partial charge in [-0.1, -0.05) is 0 Å². The first kappa shape index (κ1) is 13.8. The van der Waals surface area contributed by atoms with Gasteiger partial charge in [-0.2, -0.15) is 5.10 Å². The van der Waals surface area contributed by atoms with Gasteiger partial charge in [-0.3, -0.25) is 9.89 Å². The summed E-state index contributed by atoms with van der Waals surface area (Å²) >= 11 is 0. The van der Waals surface area contributed by atoms with Crippen LogP contribution < -0.4 is 0 Å². The molecule has 1 aliphatic rings. The third-order valence-corrected chi connectivity index (χ3v) is 3.72. The lowest BCUT2D eigenvalue weighted by Crippen LogP contribution is -2.29. The summed E-state index contributed by atoms with van der Waals surface area (Å²) in [6.45, 7) is 4.40. The van der Waals surface area contributed by atoms with Gasteiger partial charge in [0.2, 0.25) is 0 Å². The minimum absolute atomic E-state index is 0.0619. The fourth-order valence-corrected chi connectivity index (χ4v) is 2.71. The Labute approximate surface area is 122 Å². The van der Waals surface area contributed by atoms with Crippen LogP contribution >= 0.6 is 0 Å². The highest BCUT2D eigenvalue weighted by Crippen LogP contribution is 2.30. The smallest absolute Gasteiger partial charge is 0.274 e. The summed E-state index contributed by atoms with van der Waals surface area (Å²) in [6, 6.07) is 0. The Morgan fingerprint density at radius 3 is 3.05 bits per heavy atom. The van der Waals surface area contributed by atoms with Gasteiger partial charge >= 0.3 is 0 Å². The Morgan fingerprint density at radius 1 is 1.52 bits per heavy atom. The number of fused-ring (bicyclic) bond motifs is 1. The van der Waals surface area contributed by atoms with Crippen molar-refractivity contribution in [3.63, 3.8) is 0 Å². The van der Waals surface area contributed by atoms with Crippen LogP contribution in [0.5, 0.6) is 0 Å². The Balaban J connectivity index is 1.82. The van der Waals surface area contributed by atoms with Crippen LogP contribution in [0.1, 0.15) is 47.5 Å². The van der Waals surface area contributed by atoms with Gasteiger partial charge in [0.25, 0.3) is 5.91 Å². The van der Waals surface area contributed by atoms with E-state index < -0.39 is 0 Å². The van der Waals surface area contributed by atoms with Crippen LogP contribution in [0.15, 0.2) is 12.4 Å². The van der Waals surface area contributed by atoms with E-state index in [0.29, 0.717) is 18.7 Å². The molecule has 21 heavy (non-hydrogen) atoms. The molecule has 0 aliphatic carbocycles. The number of ether oxygens (including phenoxy) is 1. The maximum absolute atomic E-state index is 12.6. The summed E-state index contributed by atoms with van der Waals surface area (Å²) in [5.74, 6) is 0.644. The minimum atomic E-state index is -0.106. The molecule has 1 aliphatic heterocycles. The second kappa shape index (κ2) is 5.33. The number of amides is 1. The van der Waals surface area contributed by atoms with Crippen molar-refractivity contribution in [1.82, 2.24) is 25.1 Å². The van der Waals surface area contributed by atoms with E-state index in [4.69, 9.17) is 4.74 Å². The SMILES string of the molecule is C[C@@H]1Cc2c(C(=O)N(C)Cc3ncc[nH]3)n[nH]c2[C@H](C)O1. The zero-order valence-electron chi connectivity index (χ0n) is 12.4. The third-order valence-electron chi connectivity index (χ3n) is 3.72. The van der Waals surface area contributed by atoms with Gasteiger partial charge in [0.1, 0.15) is 5.82 Å². The fraction of sp³-hybridized carbons (Fsp3) is 0.500. The summed E-state index contributed by atoms with van der Waals surface area (Å²) in [5, 5.41) is 7.15.